The Balaban J connectivity index is 1.63. The normalized spacial score (nSPS) is 18.7. The van der Waals surface area contributed by atoms with Crippen LogP contribution in [-0.4, -0.2) is 40.7 Å². The van der Waals surface area contributed by atoms with Crippen LogP contribution < -0.4 is 15.4 Å². The van der Waals surface area contributed by atoms with Crippen LogP contribution in [-0.2, 0) is 10.0 Å². The second-order valence-electron chi connectivity index (χ2n) is 8.15. The van der Waals surface area contributed by atoms with Crippen molar-refractivity contribution in [2.45, 2.75) is 39.2 Å². The number of fused-ring (bicyclic) bond motifs is 1. The van der Waals surface area contributed by atoms with E-state index in [4.69, 9.17) is 0 Å². The Hall–Kier alpha value is -2.88. The Bertz CT molecular complexity index is 1140. The summed E-state index contributed by atoms with van der Waals surface area (Å²) < 4.78 is 25.4. The molecular formula is C19H25N7O2S. The van der Waals surface area contributed by atoms with Crippen LogP contribution in [0.3, 0.4) is 0 Å². The van der Waals surface area contributed by atoms with Gasteiger partial charge in [-0.25, -0.2) is 13.4 Å². The maximum atomic E-state index is 11.5. The molecule has 9 nitrogen and oxygen atoms in total. The van der Waals surface area contributed by atoms with Gasteiger partial charge in [0.05, 0.1) is 18.3 Å². The van der Waals surface area contributed by atoms with Crippen LogP contribution in [0, 0.1) is 5.41 Å². The van der Waals surface area contributed by atoms with E-state index in [9.17, 15) is 8.42 Å². The van der Waals surface area contributed by atoms with Crippen LogP contribution >= 0.6 is 0 Å². The van der Waals surface area contributed by atoms with Crippen molar-refractivity contribution in [3.8, 4) is 0 Å². The minimum atomic E-state index is -3.35. The predicted octanol–water partition coefficient (Wildman–Crippen LogP) is 3.46. The summed E-state index contributed by atoms with van der Waals surface area (Å²) in [5.41, 5.74) is 2.65. The van der Waals surface area contributed by atoms with Crippen LogP contribution in [0.25, 0.3) is 11.2 Å². The van der Waals surface area contributed by atoms with Crippen molar-refractivity contribution >= 4 is 44.3 Å². The summed E-state index contributed by atoms with van der Waals surface area (Å²) in [7, 11) is -3.35. The maximum Gasteiger partial charge on any atom is 0.231 e. The molecule has 29 heavy (non-hydrogen) atoms. The number of anilines is 4. The number of aromatic amines is 1. The number of nitrogens with one attached hydrogen (secondary N) is 4. The molecule has 2 heterocycles. The first-order chi connectivity index (χ1) is 13.7. The molecule has 2 aromatic heterocycles. The van der Waals surface area contributed by atoms with Crippen LogP contribution in [0.15, 0.2) is 30.6 Å². The summed E-state index contributed by atoms with van der Waals surface area (Å²) >= 11 is 0. The third-order valence-corrected chi connectivity index (χ3v) is 5.88. The van der Waals surface area contributed by atoms with Crippen molar-refractivity contribution < 1.29 is 8.42 Å². The average Bonchev–Trinajstić information content (AvgIpc) is 3.20. The van der Waals surface area contributed by atoms with Crippen molar-refractivity contribution in [2.24, 2.45) is 5.41 Å². The summed E-state index contributed by atoms with van der Waals surface area (Å²) in [4.78, 5) is 16.5. The number of hydrogen-bond donors (Lipinski definition) is 4. The van der Waals surface area contributed by atoms with Gasteiger partial charge in [-0.15, -0.1) is 0 Å². The topological polar surface area (TPSA) is 125 Å². The van der Waals surface area contributed by atoms with Crippen molar-refractivity contribution in [1.82, 2.24) is 19.9 Å². The average molecular weight is 416 g/mol. The van der Waals surface area contributed by atoms with E-state index in [1.807, 2.05) is 6.07 Å². The van der Waals surface area contributed by atoms with Crippen molar-refractivity contribution in [2.75, 3.05) is 21.6 Å². The highest BCUT2D eigenvalue weighted by Gasteiger charge is 2.35. The molecule has 1 atom stereocenters. The van der Waals surface area contributed by atoms with Gasteiger partial charge in [-0.1, -0.05) is 26.3 Å². The zero-order valence-corrected chi connectivity index (χ0v) is 17.5. The summed E-state index contributed by atoms with van der Waals surface area (Å²) in [5.74, 6) is 1.10. The first kappa shape index (κ1) is 19.4. The monoisotopic (exact) mass is 415 g/mol. The van der Waals surface area contributed by atoms with Gasteiger partial charge in [0.2, 0.25) is 16.0 Å². The number of rotatable bonds is 6. The lowest BCUT2D eigenvalue weighted by Gasteiger charge is -2.28. The standard InChI is InChI=1S/C19H25N7O2S/c1-19(2)9-5-8-14(19)23-17-15-16(21-11-20-15)24-18(25-17)22-12-6-4-7-13(10-12)26-29(3,27)28/h4,6-7,10-11,14,26H,5,8-9H2,1-3H3,(H3,20,21,22,23,24,25)/t14-/m1/s1. The minimum Gasteiger partial charge on any atom is -0.365 e. The summed E-state index contributed by atoms with van der Waals surface area (Å²) in [5, 5.41) is 6.72. The van der Waals surface area contributed by atoms with Gasteiger partial charge in [0, 0.05) is 11.7 Å². The van der Waals surface area contributed by atoms with E-state index in [0.29, 0.717) is 34.8 Å². The van der Waals surface area contributed by atoms with Gasteiger partial charge < -0.3 is 15.6 Å². The molecule has 1 saturated carbocycles. The van der Waals surface area contributed by atoms with E-state index in [1.165, 1.54) is 12.8 Å². The molecule has 1 aliphatic carbocycles. The van der Waals surface area contributed by atoms with Gasteiger partial charge in [-0.3, -0.25) is 4.72 Å². The summed E-state index contributed by atoms with van der Waals surface area (Å²) in [6.07, 6.45) is 6.17. The number of hydrogen-bond acceptors (Lipinski definition) is 7. The molecule has 0 radical (unpaired) electrons. The molecule has 0 amide bonds. The van der Waals surface area contributed by atoms with Gasteiger partial charge >= 0.3 is 0 Å². The lowest BCUT2D eigenvalue weighted by molar-refractivity contribution is 0.349. The first-order valence-electron chi connectivity index (χ1n) is 9.52. The zero-order valence-electron chi connectivity index (χ0n) is 16.7. The molecule has 0 aliphatic heterocycles. The third kappa shape index (κ3) is 4.42. The van der Waals surface area contributed by atoms with Gasteiger partial charge in [0.15, 0.2) is 11.5 Å². The fraction of sp³-hybridized carbons (Fsp3) is 0.421. The Labute approximate surface area is 169 Å². The SMILES string of the molecule is CC1(C)CCC[C@H]1Nc1nc(Nc2cccc(NS(C)(=O)=O)c2)nc2nc[nH]c12. The van der Waals surface area contributed by atoms with Crippen molar-refractivity contribution in [3.63, 3.8) is 0 Å². The largest absolute Gasteiger partial charge is 0.365 e. The van der Waals surface area contributed by atoms with Crippen LogP contribution in [0.4, 0.5) is 23.1 Å². The van der Waals surface area contributed by atoms with Crippen LogP contribution in [0.1, 0.15) is 33.1 Å². The lowest BCUT2D eigenvalue weighted by atomic mass is 9.87. The van der Waals surface area contributed by atoms with Gasteiger partial charge in [-0.2, -0.15) is 9.97 Å². The quantitative estimate of drug-likeness (QED) is 0.486. The third-order valence-electron chi connectivity index (χ3n) is 5.28. The summed E-state index contributed by atoms with van der Waals surface area (Å²) in [6, 6.07) is 7.26. The number of sulfonamides is 1. The Kier molecular flexibility index (Phi) is 4.81. The summed E-state index contributed by atoms with van der Waals surface area (Å²) in [6.45, 7) is 4.53. The first-order valence-corrected chi connectivity index (χ1v) is 11.4. The Morgan fingerprint density at radius 1 is 1.21 bits per heavy atom. The van der Waals surface area contributed by atoms with Crippen LogP contribution in [0.5, 0.6) is 0 Å². The fourth-order valence-electron chi connectivity index (χ4n) is 3.76. The van der Waals surface area contributed by atoms with E-state index >= 15 is 0 Å². The number of H-pyrrole nitrogens is 1. The second kappa shape index (κ2) is 7.18. The van der Waals surface area contributed by atoms with Gasteiger partial charge in [-0.05, 0) is 36.5 Å². The molecule has 1 aromatic carbocycles. The molecule has 1 fully saturated rings. The zero-order chi connectivity index (χ0) is 20.6. The van der Waals surface area contributed by atoms with E-state index < -0.39 is 10.0 Å². The second-order valence-corrected chi connectivity index (χ2v) is 9.90. The van der Waals surface area contributed by atoms with Gasteiger partial charge in [0.25, 0.3) is 0 Å². The fourth-order valence-corrected chi connectivity index (χ4v) is 4.31. The highest BCUT2D eigenvalue weighted by atomic mass is 32.2. The molecule has 0 bridgehead atoms. The van der Waals surface area contributed by atoms with E-state index in [-0.39, 0.29) is 5.41 Å². The molecule has 3 aromatic rings. The van der Waals surface area contributed by atoms with Crippen molar-refractivity contribution in [3.05, 3.63) is 30.6 Å². The molecule has 0 unspecified atom stereocenters. The van der Waals surface area contributed by atoms with Gasteiger partial charge in [0.1, 0.15) is 5.52 Å². The number of nitrogens with zero attached hydrogens (tertiary/aromatic N) is 3. The highest BCUT2D eigenvalue weighted by molar-refractivity contribution is 7.92. The molecule has 0 spiro atoms. The Morgan fingerprint density at radius 2 is 2.00 bits per heavy atom. The predicted molar refractivity (Wildman–Crippen MR) is 115 cm³/mol. The smallest absolute Gasteiger partial charge is 0.231 e. The molecule has 0 saturated heterocycles. The number of imidazole rings is 1. The number of aromatic nitrogens is 4. The molecule has 10 heteroatoms. The highest BCUT2D eigenvalue weighted by Crippen LogP contribution is 2.39. The lowest BCUT2D eigenvalue weighted by Crippen LogP contribution is -2.31. The Morgan fingerprint density at radius 3 is 2.72 bits per heavy atom. The van der Waals surface area contributed by atoms with Crippen molar-refractivity contribution in [1.29, 1.82) is 0 Å². The maximum absolute atomic E-state index is 11.5. The van der Waals surface area contributed by atoms with Crippen LogP contribution in [0.2, 0.25) is 0 Å². The van der Waals surface area contributed by atoms with E-state index in [2.05, 4.69) is 49.1 Å². The minimum absolute atomic E-state index is 0.191. The molecule has 4 rings (SSSR count). The van der Waals surface area contributed by atoms with E-state index in [1.54, 1.807) is 24.5 Å². The number of benzene rings is 1. The van der Waals surface area contributed by atoms with E-state index in [0.717, 1.165) is 18.2 Å². The molecule has 154 valence electrons. The molecule has 4 N–H and O–H groups in total. The molecular weight excluding hydrogens is 390 g/mol. The molecule has 1 aliphatic rings.